The van der Waals surface area contributed by atoms with Gasteiger partial charge in [-0.3, -0.25) is 0 Å². The third-order valence-electron chi connectivity index (χ3n) is 0.988. The van der Waals surface area contributed by atoms with Crippen molar-refractivity contribution in [3.63, 3.8) is 0 Å². The zero-order valence-electron chi connectivity index (χ0n) is 12.2. The molecule has 0 unspecified atom stereocenters. The van der Waals surface area contributed by atoms with Crippen LogP contribution in [-0.4, -0.2) is 31.3 Å². The topological polar surface area (TPSA) is 44.1 Å². The van der Waals surface area contributed by atoms with Gasteiger partial charge < -0.3 is 9.69 Å². The Morgan fingerprint density at radius 3 is 1.44 bits per heavy atom. The molecule has 96 valence electrons. The first kappa shape index (κ1) is 20.5. The smallest absolute Gasteiger partial charge is 0.126 e. The quantitative estimate of drug-likeness (QED) is 0.730. The van der Waals surface area contributed by atoms with Gasteiger partial charge in [-0.1, -0.05) is 13.8 Å². The van der Waals surface area contributed by atoms with E-state index in [0.717, 1.165) is 5.92 Å². The highest BCUT2D eigenvalue weighted by Crippen LogP contribution is 1.90. The molecule has 0 saturated carbocycles. The molecule has 0 atom stereocenters. The minimum absolute atomic E-state index is 0.167. The molecule has 3 nitrogen and oxygen atoms in total. The van der Waals surface area contributed by atoms with Gasteiger partial charge in [0.1, 0.15) is 5.78 Å². The van der Waals surface area contributed by atoms with E-state index < -0.39 is 0 Å². The Bertz CT molecular complexity index is 181. The molecule has 0 bridgehead atoms. The van der Waals surface area contributed by atoms with Crippen molar-refractivity contribution in [3.8, 4) is 6.07 Å². The van der Waals surface area contributed by atoms with Crippen LogP contribution in [0.2, 0.25) is 0 Å². The molecule has 0 heterocycles. The average Bonchev–Trinajstić information content (AvgIpc) is 2.01. The van der Waals surface area contributed by atoms with E-state index in [1.165, 1.54) is 20.4 Å². The van der Waals surface area contributed by atoms with Gasteiger partial charge in [0.25, 0.3) is 0 Å². The molecule has 0 rings (SSSR count). The standard InChI is InChI=1S/C6H15N.C4H7N.C3H6O/c1-6(2)5-7(3)4;1-4(2)3-5;1-3(2)4/h6H,5H2,1-4H3;4H,1-2H3;1-2H3. The van der Waals surface area contributed by atoms with Crippen LogP contribution >= 0.6 is 0 Å². The normalized spacial score (nSPS) is 8.88. The maximum Gasteiger partial charge on any atom is 0.126 e. The summed E-state index contributed by atoms with van der Waals surface area (Å²) >= 11 is 0. The lowest BCUT2D eigenvalue weighted by atomic mass is 10.2. The first-order chi connectivity index (χ1) is 7.13. The van der Waals surface area contributed by atoms with Crippen molar-refractivity contribution < 1.29 is 4.79 Å². The molecular weight excluding hydrogens is 200 g/mol. The Morgan fingerprint density at radius 2 is 1.44 bits per heavy atom. The van der Waals surface area contributed by atoms with Crippen LogP contribution in [0.4, 0.5) is 0 Å². The maximum atomic E-state index is 9.44. The number of hydrogen-bond acceptors (Lipinski definition) is 3. The zero-order chi connectivity index (χ0) is 13.7. The van der Waals surface area contributed by atoms with Gasteiger partial charge >= 0.3 is 0 Å². The number of Topliss-reactive ketones (excluding diaryl/α,β-unsaturated/α-hetero) is 1. The van der Waals surface area contributed by atoms with E-state index in [2.05, 4.69) is 32.8 Å². The predicted molar refractivity (Wildman–Crippen MR) is 70.2 cm³/mol. The van der Waals surface area contributed by atoms with Crippen LogP contribution in [0.3, 0.4) is 0 Å². The Morgan fingerprint density at radius 1 is 1.19 bits per heavy atom. The highest BCUT2D eigenvalue weighted by atomic mass is 16.1. The number of carbonyl (C=O) groups excluding carboxylic acids is 1. The summed E-state index contributed by atoms with van der Waals surface area (Å²) in [5, 5.41) is 7.89. The highest BCUT2D eigenvalue weighted by molar-refractivity contribution is 5.72. The largest absolute Gasteiger partial charge is 0.309 e. The van der Waals surface area contributed by atoms with Gasteiger partial charge in [0.15, 0.2) is 0 Å². The van der Waals surface area contributed by atoms with Gasteiger partial charge in [-0.25, -0.2) is 0 Å². The Labute approximate surface area is 101 Å². The molecular formula is C13H28N2O. The molecule has 0 fully saturated rings. The van der Waals surface area contributed by atoms with Crippen molar-refractivity contribution in [2.24, 2.45) is 11.8 Å². The Balaban J connectivity index is -0.000000166. The number of hydrogen-bond donors (Lipinski definition) is 0. The summed E-state index contributed by atoms with van der Waals surface area (Å²) in [6, 6.07) is 2.03. The molecule has 0 spiro atoms. The van der Waals surface area contributed by atoms with Crippen LogP contribution in [0.1, 0.15) is 41.5 Å². The lowest BCUT2D eigenvalue weighted by molar-refractivity contribution is -0.114. The second kappa shape index (κ2) is 14.1. The lowest BCUT2D eigenvalue weighted by Crippen LogP contribution is -2.17. The molecule has 0 aliphatic heterocycles. The fraction of sp³-hybridized carbons (Fsp3) is 0.846. The number of carbonyl (C=O) groups is 1. The van der Waals surface area contributed by atoms with E-state index in [1.807, 2.05) is 19.9 Å². The third-order valence-corrected chi connectivity index (χ3v) is 0.988. The van der Waals surface area contributed by atoms with E-state index in [1.54, 1.807) is 0 Å². The van der Waals surface area contributed by atoms with Crippen molar-refractivity contribution in [2.75, 3.05) is 20.6 Å². The van der Waals surface area contributed by atoms with Gasteiger partial charge in [0.05, 0.1) is 6.07 Å². The van der Waals surface area contributed by atoms with Gasteiger partial charge in [-0.2, -0.15) is 5.26 Å². The molecule has 0 saturated heterocycles. The van der Waals surface area contributed by atoms with Gasteiger partial charge in [0, 0.05) is 5.92 Å². The summed E-state index contributed by atoms with van der Waals surface area (Å²) in [4.78, 5) is 11.6. The minimum Gasteiger partial charge on any atom is -0.309 e. The lowest BCUT2D eigenvalue weighted by Gasteiger charge is -2.10. The van der Waals surface area contributed by atoms with Crippen molar-refractivity contribution in [1.29, 1.82) is 5.26 Å². The molecule has 0 aliphatic rings. The summed E-state index contributed by atoms with van der Waals surface area (Å²) in [6.07, 6.45) is 0. The van der Waals surface area contributed by atoms with Crippen molar-refractivity contribution in [2.45, 2.75) is 41.5 Å². The third kappa shape index (κ3) is 73.5. The number of nitriles is 1. The molecule has 3 heteroatoms. The summed E-state index contributed by atoms with van der Waals surface area (Å²) in [6.45, 7) is 12.4. The number of rotatable bonds is 2. The fourth-order valence-corrected chi connectivity index (χ4v) is 0.730. The van der Waals surface area contributed by atoms with Crippen LogP contribution in [0.25, 0.3) is 0 Å². The van der Waals surface area contributed by atoms with Crippen molar-refractivity contribution in [1.82, 2.24) is 4.90 Å². The second-order valence-corrected chi connectivity index (χ2v) is 4.85. The first-order valence-electron chi connectivity index (χ1n) is 5.64. The first-order valence-corrected chi connectivity index (χ1v) is 5.64. The van der Waals surface area contributed by atoms with E-state index in [4.69, 9.17) is 5.26 Å². The molecule has 0 aromatic heterocycles. The van der Waals surface area contributed by atoms with Crippen LogP contribution < -0.4 is 0 Å². The van der Waals surface area contributed by atoms with Crippen LogP contribution in [-0.2, 0) is 4.79 Å². The van der Waals surface area contributed by atoms with Crippen LogP contribution in [0, 0.1) is 23.2 Å². The maximum absolute atomic E-state index is 9.44. The molecule has 0 amide bonds. The molecule has 0 aromatic carbocycles. The molecule has 0 aliphatic carbocycles. The number of nitrogens with zero attached hydrogens (tertiary/aromatic N) is 2. The SMILES string of the molecule is CC(C)=O.CC(C)C#N.CC(C)CN(C)C. The zero-order valence-corrected chi connectivity index (χ0v) is 12.2. The van der Waals surface area contributed by atoms with Gasteiger partial charge in [0.2, 0.25) is 0 Å². The van der Waals surface area contributed by atoms with Gasteiger partial charge in [-0.05, 0) is 54.3 Å². The molecule has 0 radical (unpaired) electrons. The Kier molecular flexibility index (Phi) is 18.1. The predicted octanol–water partition coefficient (Wildman–Crippen LogP) is 2.97. The average molecular weight is 228 g/mol. The molecule has 0 N–H and O–H groups in total. The monoisotopic (exact) mass is 228 g/mol. The van der Waals surface area contributed by atoms with Crippen molar-refractivity contribution in [3.05, 3.63) is 0 Å². The van der Waals surface area contributed by atoms with Crippen LogP contribution in [0.5, 0.6) is 0 Å². The van der Waals surface area contributed by atoms with E-state index >= 15 is 0 Å². The van der Waals surface area contributed by atoms with Gasteiger partial charge in [-0.15, -0.1) is 0 Å². The summed E-state index contributed by atoms with van der Waals surface area (Å²) in [7, 11) is 4.19. The van der Waals surface area contributed by atoms with E-state index in [-0.39, 0.29) is 11.7 Å². The van der Waals surface area contributed by atoms with E-state index in [0.29, 0.717) is 0 Å². The summed E-state index contributed by atoms with van der Waals surface area (Å²) in [5.41, 5.74) is 0. The van der Waals surface area contributed by atoms with Crippen molar-refractivity contribution >= 4 is 5.78 Å². The molecule has 0 aromatic rings. The summed E-state index contributed by atoms with van der Waals surface area (Å²) in [5.74, 6) is 1.16. The highest BCUT2D eigenvalue weighted by Gasteiger charge is 1.92. The Hall–Kier alpha value is -0.880. The number of ketones is 1. The van der Waals surface area contributed by atoms with Crippen LogP contribution in [0.15, 0.2) is 0 Å². The fourth-order valence-electron chi connectivity index (χ4n) is 0.730. The summed E-state index contributed by atoms with van der Waals surface area (Å²) < 4.78 is 0. The van der Waals surface area contributed by atoms with E-state index in [9.17, 15) is 4.79 Å². The second-order valence-electron chi connectivity index (χ2n) is 4.85. The molecule has 16 heavy (non-hydrogen) atoms. The minimum atomic E-state index is 0.167.